The van der Waals surface area contributed by atoms with Crippen LogP contribution in [0.4, 0.5) is 0 Å². The van der Waals surface area contributed by atoms with Gasteiger partial charge in [0.05, 0.1) is 14.2 Å². The minimum absolute atomic E-state index is 0.0390. The third-order valence-electron chi connectivity index (χ3n) is 4.55. The number of benzene rings is 2. The molecule has 0 saturated carbocycles. The fourth-order valence-electron chi connectivity index (χ4n) is 2.87. The summed E-state index contributed by atoms with van der Waals surface area (Å²) >= 11 is 5.96. The van der Waals surface area contributed by atoms with Crippen LogP contribution < -0.4 is 19.5 Å². The van der Waals surface area contributed by atoms with Crippen LogP contribution in [-0.4, -0.2) is 49.6 Å². The van der Waals surface area contributed by atoms with E-state index in [1.807, 2.05) is 26.0 Å². The molecule has 2 rings (SSSR count). The Morgan fingerprint density at radius 2 is 1.52 bits per heavy atom. The lowest BCUT2D eigenvalue weighted by Gasteiger charge is -2.29. The zero-order valence-electron chi connectivity index (χ0n) is 18.5. The van der Waals surface area contributed by atoms with E-state index in [9.17, 15) is 9.59 Å². The number of hydrogen-bond acceptors (Lipinski definition) is 5. The van der Waals surface area contributed by atoms with Gasteiger partial charge >= 0.3 is 0 Å². The molecule has 0 bridgehead atoms. The Kier molecular flexibility index (Phi) is 9.00. The maximum Gasteiger partial charge on any atom is 0.261 e. The molecule has 168 valence electrons. The lowest BCUT2D eigenvalue weighted by atomic mass is 10.1. The molecule has 0 aliphatic heterocycles. The van der Waals surface area contributed by atoms with Gasteiger partial charge in [-0.2, -0.15) is 0 Å². The van der Waals surface area contributed by atoms with E-state index in [4.69, 9.17) is 25.8 Å². The number of amides is 2. The summed E-state index contributed by atoms with van der Waals surface area (Å²) in [6, 6.07) is 11.4. The van der Waals surface area contributed by atoms with Crippen LogP contribution in [-0.2, 0) is 16.1 Å². The molecule has 8 heteroatoms. The van der Waals surface area contributed by atoms with Gasteiger partial charge < -0.3 is 24.4 Å². The van der Waals surface area contributed by atoms with Crippen LogP contribution >= 0.6 is 11.6 Å². The fraction of sp³-hybridized carbons (Fsp3) is 0.391. The van der Waals surface area contributed by atoms with Crippen molar-refractivity contribution in [3.63, 3.8) is 0 Å². The summed E-state index contributed by atoms with van der Waals surface area (Å²) in [7, 11) is 3.07. The molecular weight excluding hydrogens is 420 g/mol. The van der Waals surface area contributed by atoms with Gasteiger partial charge in [0.1, 0.15) is 23.3 Å². The second-order valence-corrected chi connectivity index (χ2v) is 7.76. The third kappa shape index (κ3) is 7.36. The molecule has 0 aliphatic rings. The van der Waals surface area contributed by atoms with Crippen LogP contribution in [0.1, 0.15) is 26.3 Å². The fourth-order valence-corrected chi connectivity index (χ4v) is 2.99. The number of halogens is 1. The SMILES string of the molecule is COc1cc(OC)cc(OCC(=O)N(Cc2ccc(Cl)cc2)[C@H](C)C(=O)NC(C)C)c1. The summed E-state index contributed by atoms with van der Waals surface area (Å²) in [5.74, 6) is 0.952. The summed E-state index contributed by atoms with van der Waals surface area (Å²) < 4.78 is 16.2. The lowest BCUT2D eigenvalue weighted by Crippen LogP contribution is -2.50. The van der Waals surface area contributed by atoms with Gasteiger partial charge in [-0.3, -0.25) is 9.59 Å². The van der Waals surface area contributed by atoms with E-state index in [0.29, 0.717) is 22.3 Å². The molecule has 31 heavy (non-hydrogen) atoms. The van der Waals surface area contributed by atoms with Crippen LogP contribution in [0.2, 0.25) is 5.02 Å². The van der Waals surface area contributed by atoms with E-state index in [0.717, 1.165) is 5.56 Å². The molecule has 0 aromatic heterocycles. The summed E-state index contributed by atoms with van der Waals surface area (Å²) in [5, 5.41) is 3.45. The highest BCUT2D eigenvalue weighted by molar-refractivity contribution is 6.30. The van der Waals surface area contributed by atoms with Gasteiger partial charge in [-0.05, 0) is 38.5 Å². The average Bonchev–Trinajstić information content (AvgIpc) is 2.75. The molecule has 0 saturated heterocycles. The molecule has 1 atom stereocenters. The number of rotatable bonds is 10. The topological polar surface area (TPSA) is 77.1 Å². The number of ether oxygens (including phenoxy) is 3. The molecule has 0 fully saturated rings. The molecule has 0 radical (unpaired) electrons. The standard InChI is InChI=1S/C23H29ClN2O5/c1-15(2)25-23(28)16(3)26(13-17-6-8-18(24)9-7-17)22(27)14-31-21-11-19(29-4)10-20(12-21)30-5/h6-12,15-16H,13-14H2,1-5H3,(H,25,28)/t16-/m1/s1. The highest BCUT2D eigenvalue weighted by Crippen LogP contribution is 2.27. The van der Waals surface area contributed by atoms with Gasteiger partial charge in [-0.15, -0.1) is 0 Å². The summed E-state index contributed by atoms with van der Waals surface area (Å²) in [6.45, 7) is 5.43. The monoisotopic (exact) mass is 448 g/mol. The van der Waals surface area contributed by atoms with Crippen LogP contribution in [0, 0.1) is 0 Å². The predicted octanol–water partition coefficient (Wildman–Crippen LogP) is 3.68. The van der Waals surface area contributed by atoms with Crippen molar-refractivity contribution in [1.29, 1.82) is 0 Å². The first-order chi connectivity index (χ1) is 14.7. The number of hydrogen-bond donors (Lipinski definition) is 1. The van der Waals surface area contributed by atoms with E-state index >= 15 is 0 Å². The summed E-state index contributed by atoms with van der Waals surface area (Å²) in [4.78, 5) is 27.1. The van der Waals surface area contributed by atoms with Crippen LogP contribution in [0.5, 0.6) is 17.2 Å². The van der Waals surface area contributed by atoms with E-state index < -0.39 is 6.04 Å². The number of methoxy groups -OCH3 is 2. The van der Waals surface area contributed by atoms with Gasteiger partial charge in [0.25, 0.3) is 5.91 Å². The smallest absolute Gasteiger partial charge is 0.261 e. The summed E-state index contributed by atoms with van der Waals surface area (Å²) in [6.07, 6.45) is 0. The highest BCUT2D eigenvalue weighted by Gasteiger charge is 2.27. The predicted molar refractivity (Wildman–Crippen MR) is 120 cm³/mol. The first-order valence-electron chi connectivity index (χ1n) is 9.93. The van der Waals surface area contributed by atoms with Gasteiger partial charge in [0.2, 0.25) is 5.91 Å². The number of carbonyl (C=O) groups is 2. The Balaban J connectivity index is 2.18. The van der Waals surface area contributed by atoms with Gasteiger partial charge in [-0.1, -0.05) is 23.7 Å². The molecule has 0 unspecified atom stereocenters. The minimum Gasteiger partial charge on any atom is -0.496 e. The molecule has 0 heterocycles. The first-order valence-corrected chi connectivity index (χ1v) is 10.3. The molecule has 2 aromatic carbocycles. The van der Waals surface area contributed by atoms with Crippen LogP contribution in [0.3, 0.4) is 0 Å². The number of carbonyl (C=O) groups excluding carboxylic acids is 2. The van der Waals surface area contributed by atoms with Crippen molar-refractivity contribution in [1.82, 2.24) is 10.2 Å². The first kappa shape index (κ1) is 24.3. The van der Waals surface area contributed by atoms with Gasteiger partial charge in [0.15, 0.2) is 6.61 Å². The Morgan fingerprint density at radius 1 is 0.968 bits per heavy atom. The molecule has 2 amide bonds. The summed E-state index contributed by atoms with van der Waals surface area (Å²) in [5.41, 5.74) is 0.852. The van der Waals surface area contributed by atoms with Crippen molar-refractivity contribution < 1.29 is 23.8 Å². The Morgan fingerprint density at radius 3 is 2.03 bits per heavy atom. The van der Waals surface area contributed by atoms with Crippen LogP contribution in [0.25, 0.3) is 0 Å². The van der Waals surface area contributed by atoms with Crippen LogP contribution in [0.15, 0.2) is 42.5 Å². The number of nitrogens with zero attached hydrogens (tertiary/aromatic N) is 1. The normalized spacial score (nSPS) is 11.6. The molecular formula is C23H29ClN2O5. The minimum atomic E-state index is -0.686. The molecule has 0 spiro atoms. The second-order valence-electron chi connectivity index (χ2n) is 7.32. The average molecular weight is 449 g/mol. The van der Waals surface area contributed by atoms with Crippen molar-refractivity contribution in [2.45, 2.75) is 39.4 Å². The highest BCUT2D eigenvalue weighted by atomic mass is 35.5. The molecule has 0 aliphatic carbocycles. The quantitative estimate of drug-likeness (QED) is 0.600. The third-order valence-corrected chi connectivity index (χ3v) is 4.80. The van der Waals surface area contributed by atoms with Crippen molar-refractivity contribution in [3.8, 4) is 17.2 Å². The lowest BCUT2D eigenvalue weighted by molar-refractivity contribution is -0.142. The molecule has 1 N–H and O–H groups in total. The van der Waals surface area contributed by atoms with Crippen molar-refractivity contribution in [2.75, 3.05) is 20.8 Å². The van der Waals surface area contributed by atoms with Crippen molar-refractivity contribution >= 4 is 23.4 Å². The Labute approximate surface area is 188 Å². The van der Waals surface area contributed by atoms with E-state index in [1.54, 1.807) is 37.3 Å². The van der Waals surface area contributed by atoms with E-state index in [-0.39, 0.29) is 31.0 Å². The van der Waals surface area contributed by atoms with E-state index in [2.05, 4.69) is 5.32 Å². The van der Waals surface area contributed by atoms with Crippen molar-refractivity contribution in [3.05, 3.63) is 53.1 Å². The largest absolute Gasteiger partial charge is 0.496 e. The maximum atomic E-state index is 13.1. The van der Waals surface area contributed by atoms with Gasteiger partial charge in [-0.25, -0.2) is 0 Å². The van der Waals surface area contributed by atoms with E-state index in [1.165, 1.54) is 19.1 Å². The second kappa shape index (κ2) is 11.5. The van der Waals surface area contributed by atoms with Crippen molar-refractivity contribution in [2.24, 2.45) is 0 Å². The maximum absolute atomic E-state index is 13.1. The Bertz CT molecular complexity index is 864. The molecule has 7 nitrogen and oxygen atoms in total. The van der Waals surface area contributed by atoms with Gasteiger partial charge in [0, 0.05) is 35.8 Å². The molecule has 2 aromatic rings. The number of nitrogens with one attached hydrogen (secondary N) is 1. The zero-order chi connectivity index (χ0) is 23.0. The Hall–Kier alpha value is -2.93. The zero-order valence-corrected chi connectivity index (χ0v) is 19.2.